The first kappa shape index (κ1) is 17.1. The van der Waals surface area contributed by atoms with Crippen LogP contribution in [0.4, 0.5) is 0 Å². The third-order valence-corrected chi connectivity index (χ3v) is 4.29. The van der Waals surface area contributed by atoms with Gasteiger partial charge in [-0.05, 0) is 37.5 Å². The monoisotopic (exact) mass is 340 g/mol. The van der Waals surface area contributed by atoms with Crippen molar-refractivity contribution in [2.75, 3.05) is 6.61 Å². The van der Waals surface area contributed by atoms with Crippen LogP contribution in [0.25, 0.3) is 0 Å². The fourth-order valence-electron chi connectivity index (χ4n) is 2.95. The second-order valence-corrected chi connectivity index (χ2v) is 6.16. The van der Waals surface area contributed by atoms with Crippen molar-refractivity contribution in [1.29, 1.82) is 0 Å². The van der Waals surface area contributed by atoms with Crippen molar-refractivity contribution in [3.63, 3.8) is 0 Å². The van der Waals surface area contributed by atoms with E-state index < -0.39 is 5.97 Å². The number of nitrogens with zero attached hydrogens (tertiary/aromatic N) is 1. The zero-order valence-corrected chi connectivity index (χ0v) is 13.9. The SMILES string of the molecule is Cc1ccc(C2OCCCC2NC(=O)c2ccnc(C(=O)O)c2)cc1. The summed E-state index contributed by atoms with van der Waals surface area (Å²) in [4.78, 5) is 27.3. The van der Waals surface area contributed by atoms with E-state index in [1.54, 1.807) is 0 Å². The second-order valence-electron chi connectivity index (χ2n) is 6.16. The summed E-state index contributed by atoms with van der Waals surface area (Å²) in [7, 11) is 0. The lowest BCUT2D eigenvalue weighted by Gasteiger charge is -2.32. The van der Waals surface area contributed by atoms with Crippen molar-refractivity contribution < 1.29 is 19.4 Å². The number of carboxylic acid groups (broad SMARTS) is 1. The van der Waals surface area contributed by atoms with Crippen LogP contribution in [0.1, 0.15) is 50.9 Å². The van der Waals surface area contributed by atoms with E-state index in [-0.39, 0.29) is 29.3 Å². The van der Waals surface area contributed by atoms with Gasteiger partial charge in [-0.1, -0.05) is 29.8 Å². The van der Waals surface area contributed by atoms with Crippen LogP contribution in [0.15, 0.2) is 42.6 Å². The summed E-state index contributed by atoms with van der Waals surface area (Å²) >= 11 is 0. The number of aromatic carboxylic acids is 1. The summed E-state index contributed by atoms with van der Waals surface area (Å²) in [5.74, 6) is -1.48. The summed E-state index contributed by atoms with van der Waals surface area (Å²) in [5, 5.41) is 12.0. The van der Waals surface area contributed by atoms with Gasteiger partial charge < -0.3 is 15.2 Å². The molecule has 2 heterocycles. The highest BCUT2D eigenvalue weighted by atomic mass is 16.5. The van der Waals surface area contributed by atoms with Crippen LogP contribution in [0.3, 0.4) is 0 Å². The molecule has 6 nitrogen and oxygen atoms in total. The van der Waals surface area contributed by atoms with Gasteiger partial charge in [-0.3, -0.25) is 4.79 Å². The van der Waals surface area contributed by atoms with E-state index in [9.17, 15) is 9.59 Å². The molecule has 0 radical (unpaired) electrons. The number of aromatic nitrogens is 1. The Morgan fingerprint density at radius 1 is 1.24 bits per heavy atom. The Hall–Kier alpha value is -2.73. The number of carbonyl (C=O) groups excluding carboxylic acids is 1. The standard InChI is InChI=1S/C19H20N2O4/c1-12-4-6-13(7-5-12)17-15(3-2-10-25-17)21-18(22)14-8-9-20-16(11-14)19(23)24/h4-9,11,15,17H,2-3,10H2,1H3,(H,21,22)(H,23,24). The molecule has 1 aromatic heterocycles. The maximum absolute atomic E-state index is 12.5. The Morgan fingerprint density at radius 3 is 2.72 bits per heavy atom. The van der Waals surface area contributed by atoms with Crippen LogP contribution in [-0.4, -0.2) is 34.6 Å². The number of hydrogen-bond donors (Lipinski definition) is 2. The van der Waals surface area contributed by atoms with Crippen molar-refractivity contribution in [3.8, 4) is 0 Å². The van der Waals surface area contributed by atoms with Crippen molar-refractivity contribution in [3.05, 3.63) is 65.0 Å². The molecule has 0 aliphatic carbocycles. The largest absolute Gasteiger partial charge is 0.477 e. The van der Waals surface area contributed by atoms with Gasteiger partial charge in [0.1, 0.15) is 11.8 Å². The van der Waals surface area contributed by atoms with Crippen molar-refractivity contribution in [2.45, 2.75) is 31.9 Å². The molecule has 0 saturated carbocycles. The number of benzene rings is 1. The van der Waals surface area contributed by atoms with Gasteiger partial charge in [0.25, 0.3) is 5.91 Å². The molecule has 0 bridgehead atoms. The van der Waals surface area contributed by atoms with Crippen LogP contribution in [0, 0.1) is 6.92 Å². The van der Waals surface area contributed by atoms with Gasteiger partial charge in [0.15, 0.2) is 0 Å². The summed E-state index contributed by atoms with van der Waals surface area (Å²) < 4.78 is 5.89. The van der Waals surface area contributed by atoms with E-state index >= 15 is 0 Å². The summed E-state index contributed by atoms with van der Waals surface area (Å²) in [6, 6.07) is 10.7. The molecular weight excluding hydrogens is 320 g/mol. The van der Waals surface area contributed by atoms with Gasteiger partial charge in [0.2, 0.25) is 0 Å². The quantitative estimate of drug-likeness (QED) is 0.893. The molecule has 1 fully saturated rings. The molecule has 2 unspecified atom stereocenters. The maximum atomic E-state index is 12.5. The first-order valence-corrected chi connectivity index (χ1v) is 8.23. The minimum Gasteiger partial charge on any atom is -0.477 e. The van der Waals surface area contributed by atoms with Crippen LogP contribution >= 0.6 is 0 Å². The van der Waals surface area contributed by atoms with E-state index in [1.807, 2.05) is 31.2 Å². The Kier molecular flexibility index (Phi) is 5.09. The third-order valence-electron chi connectivity index (χ3n) is 4.29. The van der Waals surface area contributed by atoms with E-state index in [2.05, 4.69) is 10.3 Å². The lowest BCUT2D eigenvalue weighted by Crippen LogP contribution is -2.42. The number of carbonyl (C=O) groups is 2. The van der Waals surface area contributed by atoms with Gasteiger partial charge in [0.05, 0.1) is 6.04 Å². The molecule has 130 valence electrons. The molecule has 3 rings (SSSR count). The number of aryl methyl sites for hydroxylation is 1. The summed E-state index contributed by atoms with van der Waals surface area (Å²) in [6.07, 6.45) is 2.79. The Labute approximate surface area is 145 Å². The van der Waals surface area contributed by atoms with E-state index in [0.717, 1.165) is 24.0 Å². The van der Waals surface area contributed by atoms with Gasteiger partial charge in [-0.15, -0.1) is 0 Å². The fourth-order valence-corrected chi connectivity index (χ4v) is 2.95. The lowest BCUT2D eigenvalue weighted by atomic mass is 9.95. The normalized spacial score (nSPS) is 20.0. The highest BCUT2D eigenvalue weighted by Crippen LogP contribution is 2.29. The van der Waals surface area contributed by atoms with Crippen molar-refractivity contribution >= 4 is 11.9 Å². The molecule has 25 heavy (non-hydrogen) atoms. The first-order valence-electron chi connectivity index (χ1n) is 8.23. The predicted molar refractivity (Wildman–Crippen MR) is 91.6 cm³/mol. The molecule has 1 aliphatic heterocycles. The van der Waals surface area contributed by atoms with Crippen molar-refractivity contribution in [2.24, 2.45) is 0 Å². The summed E-state index contributed by atoms with van der Waals surface area (Å²) in [6.45, 7) is 2.68. The number of amides is 1. The topological polar surface area (TPSA) is 88.5 Å². The fraction of sp³-hybridized carbons (Fsp3) is 0.316. The Bertz CT molecular complexity index is 773. The van der Waals surface area contributed by atoms with Crippen LogP contribution in [0.5, 0.6) is 0 Å². The number of ether oxygens (including phenoxy) is 1. The smallest absolute Gasteiger partial charge is 0.354 e. The molecule has 2 atom stereocenters. The number of carboxylic acids is 1. The number of pyridine rings is 1. The lowest BCUT2D eigenvalue weighted by molar-refractivity contribution is -0.00946. The highest BCUT2D eigenvalue weighted by Gasteiger charge is 2.29. The maximum Gasteiger partial charge on any atom is 0.354 e. The number of nitrogens with one attached hydrogen (secondary N) is 1. The van der Waals surface area contributed by atoms with Crippen LogP contribution in [-0.2, 0) is 4.74 Å². The number of rotatable bonds is 4. The molecular formula is C19H20N2O4. The van der Waals surface area contributed by atoms with E-state index in [0.29, 0.717) is 6.61 Å². The first-order chi connectivity index (χ1) is 12.0. The average Bonchev–Trinajstić information content (AvgIpc) is 2.63. The third kappa shape index (κ3) is 4.03. The van der Waals surface area contributed by atoms with E-state index in [1.165, 1.54) is 18.3 Å². The number of hydrogen-bond acceptors (Lipinski definition) is 4. The molecule has 6 heteroatoms. The molecule has 2 aromatic rings. The Balaban J connectivity index is 1.77. The predicted octanol–water partition coefficient (Wildman–Crippen LogP) is 2.74. The Morgan fingerprint density at radius 2 is 2.00 bits per heavy atom. The minimum absolute atomic E-state index is 0.150. The molecule has 1 aliphatic rings. The van der Waals surface area contributed by atoms with Gasteiger partial charge in [-0.2, -0.15) is 0 Å². The highest BCUT2D eigenvalue weighted by molar-refractivity contribution is 5.96. The molecule has 2 N–H and O–H groups in total. The molecule has 1 amide bonds. The molecule has 1 aromatic carbocycles. The average molecular weight is 340 g/mol. The molecule has 0 spiro atoms. The van der Waals surface area contributed by atoms with E-state index in [4.69, 9.17) is 9.84 Å². The zero-order chi connectivity index (χ0) is 17.8. The van der Waals surface area contributed by atoms with Gasteiger partial charge >= 0.3 is 5.97 Å². The van der Waals surface area contributed by atoms with Crippen LogP contribution < -0.4 is 5.32 Å². The summed E-state index contributed by atoms with van der Waals surface area (Å²) in [5.41, 5.74) is 2.32. The molecule has 1 saturated heterocycles. The zero-order valence-electron chi connectivity index (χ0n) is 13.9. The van der Waals surface area contributed by atoms with Gasteiger partial charge in [-0.25, -0.2) is 9.78 Å². The van der Waals surface area contributed by atoms with Crippen molar-refractivity contribution in [1.82, 2.24) is 10.3 Å². The van der Waals surface area contributed by atoms with Crippen LogP contribution in [0.2, 0.25) is 0 Å². The second kappa shape index (κ2) is 7.44. The van der Waals surface area contributed by atoms with Gasteiger partial charge in [0, 0.05) is 18.4 Å². The minimum atomic E-state index is -1.16.